The van der Waals surface area contributed by atoms with Gasteiger partial charge < -0.3 is 19.7 Å². The minimum absolute atomic E-state index is 0.0986. The summed E-state index contributed by atoms with van der Waals surface area (Å²) in [6.07, 6.45) is 2.24. The van der Waals surface area contributed by atoms with E-state index in [0.717, 1.165) is 32.5 Å². The first-order chi connectivity index (χ1) is 12.2. The number of benzene rings is 1. The van der Waals surface area contributed by atoms with E-state index in [1.165, 1.54) is 0 Å². The number of fused-ring (bicyclic) bond motifs is 1. The van der Waals surface area contributed by atoms with Crippen molar-refractivity contribution >= 4 is 16.7 Å². The summed E-state index contributed by atoms with van der Waals surface area (Å²) in [7, 11) is -1.22. The third kappa shape index (κ3) is 4.52. The van der Waals surface area contributed by atoms with Gasteiger partial charge in [-0.1, -0.05) is 6.92 Å². The normalized spacial score (nSPS) is 20.3. The number of ether oxygens (including phenoxy) is 2. The molecule has 0 aliphatic carbocycles. The van der Waals surface area contributed by atoms with Crippen LogP contribution in [0.1, 0.15) is 26.2 Å². The van der Waals surface area contributed by atoms with Crippen molar-refractivity contribution < 1.29 is 18.5 Å². The number of amides is 1. The molecule has 2 aliphatic rings. The predicted molar refractivity (Wildman–Crippen MR) is 96.6 cm³/mol. The number of carbonyl (C=O) groups excluding carboxylic acids is 1. The molecule has 0 radical (unpaired) electrons. The molecule has 2 atom stereocenters. The maximum Gasteiger partial charge on any atom is 0.223 e. The Morgan fingerprint density at radius 1 is 1.32 bits per heavy atom. The fourth-order valence-corrected chi connectivity index (χ4v) is 4.32. The van der Waals surface area contributed by atoms with Crippen molar-refractivity contribution in [2.45, 2.75) is 37.1 Å². The largest absolute Gasteiger partial charge is 0.486 e. The monoisotopic (exact) mass is 366 g/mol. The van der Waals surface area contributed by atoms with Crippen molar-refractivity contribution in [1.82, 2.24) is 10.2 Å². The lowest BCUT2D eigenvalue weighted by atomic mass is 10.2. The summed E-state index contributed by atoms with van der Waals surface area (Å²) < 4.78 is 23.6. The Kier molecular flexibility index (Phi) is 6.31. The molecule has 2 unspecified atom stereocenters. The summed E-state index contributed by atoms with van der Waals surface area (Å²) >= 11 is 0. The summed E-state index contributed by atoms with van der Waals surface area (Å²) in [6.45, 7) is 5.70. The summed E-state index contributed by atoms with van der Waals surface area (Å²) in [4.78, 5) is 15.2. The van der Waals surface area contributed by atoms with E-state index in [4.69, 9.17) is 9.47 Å². The van der Waals surface area contributed by atoms with Gasteiger partial charge in [-0.25, -0.2) is 0 Å². The zero-order chi connectivity index (χ0) is 17.6. The SMILES string of the molecule is CCCN(C(=O)CCS(=O)c1ccc2c(c1)OCCO2)C1CCNC1. The lowest BCUT2D eigenvalue weighted by molar-refractivity contribution is -0.132. The molecular weight excluding hydrogens is 340 g/mol. The van der Waals surface area contributed by atoms with Crippen LogP contribution in [0.25, 0.3) is 0 Å². The fourth-order valence-electron chi connectivity index (χ4n) is 3.26. The van der Waals surface area contributed by atoms with Gasteiger partial charge in [0.25, 0.3) is 0 Å². The molecule has 2 aliphatic heterocycles. The van der Waals surface area contributed by atoms with Gasteiger partial charge in [0.2, 0.25) is 5.91 Å². The molecule has 1 fully saturated rings. The summed E-state index contributed by atoms with van der Waals surface area (Å²) in [5.41, 5.74) is 0. The van der Waals surface area contributed by atoms with Gasteiger partial charge in [-0.2, -0.15) is 0 Å². The Morgan fingerprint density at radius 2 is 2.12 bits per heavy atom. The Morgan fingerprint density at radius 3 is 2.84 bits per heavy atom. The van der Waals surface area contributed by atoms with Crippen LogP contribution in [0, 0.1) is 0 Å². The van der Waals surface area contributed by atoms with Crippen molar-refractivity contribution in [3.63, 3.8) is 0 Å². The molecule has 1 N–H and O–H groups in total. The highest BCUT2D eigenvalue weighted by atomic mass is 32.2. The van der Waals surface area contributed by atoms with E-state index in [1.54, 1.807) is 18.2 Å². The van der Waals surface area contributed by atoms with Gasteiger partial charge in [-0.15, -0.1) is 0 Å². The van der Waals surface area contributed by atoms with Crippen molar-refractivity contribution in [3.8, 4) is 11.5 Å². The van der Waals surface area contributed by atoms with Gasteiger partial charge in [0.15, 0.2) is 11.5 Å². The van der Waals surface area contributed by atoms with Crippen molar-refractivity contribution in [1.29, 1.82) is 0 Å². The molecular formula is C18H26N2O4S. The quantitative estimate of drug-likeness (QED) is 0.793. The third-order valence-corrected chi connectivity index (χ3v) is 5.89. The Labute approximate surface area is 151 Å². The Hall–Kier alpha value is -1.60. The van der Waals surface area contributed by atoms with Crippen LogP contribution in [0.5, 0.6) is 11.5 Å². The van der Waals surface area contributed by atoms with Gasteiger partial charge in [-0.05, 0) is 31.5 Å². The zero-order valence-corrected chi connectivity index (χ0v) is 15.5. The minimum Gasteiger partial charge on any atom is -0.486 e. The maximum absolute atomic E-state index is 12.6. The number of nitrogens with zero attached hydrogens (tertiary/aromatic N) is 1. The minimum atomic E-state index is -1.22. The molecule has 3 rings (SSSR count). The number of hydrogen-bond acceptors (Lipinski definition) is 5. The second kappa shape index (κ2) is 8.67. The molecule has 0 spiro atoms. The van der Waals surface area contributed by atoms with Crippen LogP contribution in [0.4, 0.5) is 0 Å². The lowest BCUT2D eigenvalue weighted by Crippen LogP contribution is -2.42. The van der Waals surface area contributed by atoms with E-state index in [-0.39, 0.29) is 11.9 Å². The number of carbonyl (C=O) groups is 1. The van der Waals surface area contributed by atoms with E-state index in [9.17, 15) is 9.00 Å². The van der Waals surface area contributed by atoms with Crippen LogP contribution in [-0.2, 0) is 15.6 Å². The fraction of sp³-hybridized carbons (Fsp3) is 0.611. The lowest BCUT2D eigenvalue weighted by Gasteiger charge is -2.28. The second-order valence-corrected chi connectivity index (χ2v) is 7.91. The van der Waals surface area contributed by atoms with Crippen LogP contribution in [-0.4, -0.2) is 59.7 Å². The van der Waals surface area contributed by atoms with Crippen LogP contribution >= 0.6 is 0 Å². The maximum atomic E-state index is 12.6. The van der Waals surface area contributed by atoms with E-state index >= 15 is 0 Å². The standard InChI is InChI=1S/C18H26N2O4S/c1-2-8-20(14-5-7-19-13-14)18(21)6-11-25(22)15-3-4-16-17(12-15)24-10-9-23-16/h3-4,12,14,19H,2,5-11,13H2,1H3. The van der Waals surface area contributed by atoms with Gasteiger partial charge in [0.1, 0.15) is 13.2 Å². The van der Waals surface area contributed by atoms with E-state index in [2.05, 4.69) is 12.2 Å². The van der Waals surface area contributed by atoms with E-state index in [0.29, 0.717) is 41.8 Å². The molecule has 138 valence electrons. The first-order valence-electron chi connectivity index (χ1n) is 8.97. The molecule has 1 aromatic rings. The summed E-state index contributed by atoms with van der Waals surface area (Å²) in [5.74, 6) is 1.75. The van der Waals surface area contributed by atoms with Crippen molar-refractivity contribution in [2.75, 3.05) is 38.6 Å². The van der Waals surface area contributed by atoms with Crippen LogP contribution in [0.3, 0.4) is 0 Å². The molecule has 0 saturated carbocycles. The van der Waals surface area contributed by atoms with Crippen LogP contribution < -0.4 is 14.8 Å². The highest BCUT2D eigenvalue weighted by molar-refractivity contribution is 7.85. The highest BCUT2D eigenvalue weighted by Crippen LogP contribution is 2.31. The van der Waals surface area contributed by atoms with Gasteiger partial charge in [0, 0.05) is 42.3 Å². The third-order valence-electron chi connectivity index (χ3n) is 4.54. The molecule has 2 heterocycles. The molecule has 7 heteroatoms. The Balaban J connectivity index is 1.58. The topological polar surface area (TPSA) is 67.9 Å². The molecule has 1 amide bonds. The molecule has 0 bridgehead atoms. The molecule has 1 aromatic carbocycles. The zero-order valence-electron chi connectivity index (χ0n) is 14.7. The average molecular weight is 366 g/mol. The van der Waals surface area contributed by atoms with Gasteiger partial charge in [0.05, 0.1) is 10.8 Å². The molecule has 1 saturated heterocycles. The highest BCUT2D eigenvalue weighted by Gasteiger charge is 2.26. The Bertz CT molecular complexity index is 632. The van der Waals surface area contributed by atoms with E-state index in [1.807, 2.05) is 4.90 Å². The summed E-state index contributed by atoms with van der Waals surface area (Å²) in [6, 6.07) is 5.62. The van der Waals surface area contributed by atoms with Gasteiger partial charge >= 0.3 is 0 Å². The smallest absolute Gasteiger partial charge is 0.223 e. The van der Waals surface area contributed by atoms with Crippen LogP contribution in [0.15, 0.2) is 23.1 Å². The molecule has 25 heavy (non-hydrogen) atoms. The molecule has 6 nitrogen and oxygen atoms in total. The number of nitrogens with one attached hydrogen (secondary N) is 1. The second-order valence-electron chi connectivity index (χ2n) is 6.34. The summed E-state index contributed by atoms with van der Waals surface area (Å²) in [5, 5.41) is 3.31. The first kappa shape index (κ1) is 18.2. The number of rotatable bonds is 7. The first-order valence-corrected chi connectivity index (χ1v) is 10.3. The van der Waals surface area contributed by atoms with Gasteiger partial charge in [-0.3, -0.25) is 9.00 Å². The van der Waals surface area contributed by atoms with Crippen molar-refractivity contribution in [3.05, 3.63) is 18.2 Å². The average Bonchev–Trinajstić information content (AvgIpc) is 3.17. The van der Waals surface area contributed by atoms with E-state index < -0.39 is 10.8 Å². The van der Waals surface area contributed by atoms with Crippen molar-refractivity contribution in [2.24, 2.45) is 0 Å². The van der Waals surface area contributed by atoms with Crippen LogP contribution in [0.2, 0.25) is 0 Å². The predicted octanol–water partition coefficient (Wildman–Crippen LogP) is 1.56. The molecule has 0 aromatic heterocycles. The number of hydrogen-bond donors (Lipinski definition) is 1.